The van der Waals surface area contributed by atoms with Crippen molar-refractivity contribution in [2.24, 2.45) is 5.92 Å². The SMILES string of the molecule is CCCN(Cc1nc(C(=O)OCC)cs1)C(=O)CCC1CCCC1. The summed E-state index contributed by atoms with van der Waals surface area (Å²) < 4.78 is 4.96. The molecule has 0 spiro atoms. The van der Waals surface area contributed by atoms with Gasteiger partial charge in [-0.05, 0) is 25.7 Å². The van der Waals surface area contributed by atoms with Crippen LogP contribution < -0.4 is 0 Å². The van der Waals surface area contributed by atoms with Gasteiger partial charge in [-0.2, -0.15) is 0 Å². The van der Waals surface area contributed by atoms with Crippen molar-refractivity contribution in [1.29, 1.82) is 0 Å². The smallest absolute Gasteiger partial charge is 0.357 e. The van der Waals surface area contributed by atoms with Crippen LogP contribution >= 0.6 is 11.3 Å². The molecule has 1 aliphatic carbocycles. The van der Waals surface area contributed by atoms with Gasteiger partial charge < -0.3 is 9.64 Å². The van der Waals surface area contributed by atoms with E-state index in [2.05, 4.69) is 11.9 Å². The molecule has 6 heteroatoms. The Morgan fingerprint density at radius 2 is 2.08 bits per heavy atom. The lowest BCUT2D eigenvalue weighted by atomic mass is 10.0. The van der Waals surface area contributed by atoms with Gasteiger partial charge in [0.2, 0.25) is 5.91 Å². The molecule has 1 heterocycles. The van der Waals surface area contributed by atoms with Gasteiger partial charge in [0.05, 0.1) is 13.2 Å². The number of amides is 1. The summed E-state index contributed by atoms with van der Waals surface area (Å²) >= 11 is 1.41. The summed E-state index contributed by atoms with van der Waals surface area (Å²) in [5, 5.41) is 2.50. The first-order chi connectivity index (χ1) is 11.6. The zero-order valence-corrected chi connectivity index (χ0v) is 15.6. The van der Waals surface area contributed by atoms with E-state index in [0.717, 1.165) is 30.3 Å². The number of carbonyl (C=O) groups excluding carboxylic acids is 2. The van der Waals surface area contributed by atoms with Crippen molar-refractivity contribution in [3.05, 3.63) is 16.1 Å². The molecular formula is C18H28N2O3S. The highest BCUT2D eigenvalue weighted by Crippen LogP contribution is 2.28. The second-order valence-corrected chi connectivity index (χ2v) is 7.29. The minimum Gasteiger partial charge on any atom is -0.461 e. The van der Waals surface area contributed by atoms with Crippen LogP contribution in [0.4, 0.5) is 0 Å². The molecule has 0 radical (unpaired) electrons. The average Bonchev–Trinajstić information content (AvgIpc) is 3.24. The van der Waals surface area contributed by atoms with E-state index in [1.165, 1.54) is 37.0 Å². The van der Waals surface area contributed by atoms with Crippen LogP contribution in [0.5, 0.6) is 0 Å². The lowest BCUT2D eigenvalue weighted by Gasteiger charge is -2.21. The lowest BCUT2D eigenvalue weighted by molar-refractivity contribution is -0.132. The third kappa shape index (κ3) is 5.58. The van der Waals surface area contributed by atoms with Crippen molar-refractivity contribution in [3.63, 3.8) is 0 Å². The van der Waals surface area contributed by atoms with Crippen molar-refractivity contribution in [2.75, 3.05) is 13.2 Å². The number of esters is 1. The Bertz CT molecular complexity index is 538. The number of hydrogen-bond acceptors (Lipinski definition) is 5. The minimum atomic E-state index is -0.394. The van der Waals surface area contributed by atoms with Gasteiger partial charge in [-0.25, -0.2) is 9.78 Å². The molecule has 2 rings (SSSR count). The Labute approximate surface area is 148 Å². The number of nitrogens with zero attached hydrogens (tertiary/aromatic N) is 2. The summed E-state index contributed by atoms with van der Waals surface area (Å²) in [6, 6.07) is 0. The normalized spacial score (nSPS) is 14.8. The maximum atomic E-state index is 12.5. The number of carbonyl (C=O) groups is 2. The second kappa shape index (κ2) is 9.77. The summed E-state index contributed by atoms with van der Waals surface area (Å²) in [5.41, 5.74) is 0.340. The second-order valence-electron chi connectivity index (χ2n) is 6.35. The van der Waals surface area contributed by atoms with E-state index in [1.54, 1.807) is 12.3 Å². The molecule has 1 aromatic rings. The summed E-state index contributed by atoms with van der Waals surface area (Å²) in [5.74, 6) is 0.541. The summed E-state index contributed by atoms with van der Waals surface area (Å²) in [6.07, 6.45) is 7.73. The molecule has 0 unspecified atom stereocenters. The fourth-order valence-electron chi connectivity index (χ4n) is 3.19. The van der Waals surface area contributed by atoms with E-state index in [9.17, 15) is 9.59 Å². The molecule has 0 aromatic carbocycles. The first kappa shape index (κ1) is 18.9. The summed E-state index contributed by atoms with van der Waals surface area (Å²) in [4.78, 5) is 30.4. The molecule has 1 aliphatic rings. The highest BCUT2D eigenvalue weighted by Gasteiger charge is 2.20. The third-order valence-corrected chi connectivity index (χ3v) is 5.28. The van der Waals surface area contributed by atoms with Gasteiger partial charge in [-0.1, -0.05) is 32.6 Å². The van der Waals surface area contributed by atoms with Crippen LogP contribution in [0.25, 0.3) is 0 Å². The molecule has 0 atom stereocenters. The van der Waals surface area contributed by atoms with Crippen LogP contribution in [0.3, 0.4) is 0 Å². The van der Waals surface area contributed by atoms with Crippen LogP contribution in [0.15, 0.2) is 5.38 Å². The number of rotatable bonds is 9. The standard InChI is InChI=1S/C18H28N2O3S/c1-3-11-20(17(21)10-9-14-7-5-6-8-14)12-16-19-15(13-24-16)18(22)23-4-2/h13-14H,3-12H2,1-2H3. The molecular weight excluding hydrogens is 324 g/mol. The van der Waals surface area contributed by atoms with Gasteiger partial charge >= 0.3 is 5.97 Å². The van der Waals surface area contributed by atoms with Crippen molar-refractivity contribution in [3.8, 4) is 0 Å². The molecule has 1 amide bonds. The fourth-order valence-corrected chi connectivity index (χ4v) is 3.97. The molecule has 0 aliphatic heterocycles. The lowest BCUT2D eigenvalue weighted by Crippen LogP contribution is -2.31. The third-order valence-electron chi connectivity index (χ3n) is 4.45. The molecule has 5 nitrogen and oxygen atoms in total. The number of hydrogen-bond donors (Lipinski definition) is 0. The Morgan fingerprint density at radius 3 is 2.75 bits per heavy atom. The van der Waals surface area contributed by atoms with Gasteiger partial charge in [0.25, 0.3) is 0 Å². The highest BCUT2D eigenvalue weighted by molar-refractivity contribution is 7.09. The minimum absolute atomic E-state index is 0.205. The zero-order chi connectivity index (χ0) is 17.4. The molecule has 134 valence electrons. The van der Waals surface area contributed by atoms with Crippen molar-refractivity contribution in [1.82, 2.24) is 9.88 Å². The molecule has 1 saturated carbocycles. The Hall–Kier alpha value is -1.43. The van der Waals surface area contributed by atoms with E-state index in [-0.39, 0.29) is 5.91 Å². The predicted molar refractivity (Wildman–Crippen MR) is 95.0 cm³/mol. The number of ether oxygens (including phenoxy) is 1. The van der Waals surface area contributed by atoms with Crippen molar-refractivity contribution in [2.45, 2.75) is 65.3 Å². The monoisotopic (exact) mass is 352 g/mol. The molecule has 0 bridgehead atoms. The van der Waals surface area contributed by atoms with Crippen LogP contribution in [0, 0.1) is 5.92 Å². The quantitative estimate of drug-likeness (QED) is 0.630. The molecule has 1 aromatic heterocycles. The van der Waals surface area contributed by atoms with Gasteiger partial charge in [-0.15, -0.1) is 11.3 Å². The predicted octanol–water partition coefficient (Wildman–Crippen LogP) is 4.03. The summed E-state index contributed by atoms with van der Waals surface area (Å²) in [6.45, 7) is 5.41. The van der Waals surface area contributed by atoms with Crippen molar-refractivity contribution >= 4 is 23.2 Å². The van der Waals surface area contributed by atoms with Crippen LogP contribution in [0.2, 0.25) is 0 Å². The average molecular weight is 353 g/mol. The van der Waals surface area contributed by atoms with E-state index in [4.69, 9.17) is 4.74 Å². The van der Waals surface area contributed by atoms with Crippen molar-refractivity contribution < 1.29 is 14.3 Å². The van der Waals surface area contributed by atoms with Gasteiger partial charge in [0, 0.05) is 18.3 Å². The highest BCUT2D eigenvalue weighted by atomic mass is 32.1. The largest absolute Gasteiger partial charge is 0.461 e. The fraction of sp³-hybridized carbons (Fsp3) is 0.722. The maximum Gasteiger partial charge on any atom is 0.357 e. The van der Waals surface area contributed by atoms with Gasteiger partial charge in [0.1, 0.15) is 5.01 Å². The van der Waals surface area contributed by atoms with Crippen LogP contribution in [-0.2, 0) is 16.1 Å². The van der Waals surface area contributed by atoms with Gasteiger partial charge in [0.15, 0.2) is 5.69 Å². The zero-order valence-electron chi connectivity index (χ0n) is 14.8. The molecule has 24 heavy (non-hydrogen) atoms. The Balaban J connectivity index is 1.89. The first-order valence-electron chi connectivity index (χ1n) is 9.03. The van der Waals surface area contributed by atoms with Gasteiger partial charge in [-0.3, -0.25) is 4.79 Å². The van der Waals surface area contributed by atoms with E-state index in [0.29, 0.717) is 25.3 Å². The topological polar surface area (TPSA) is 59.5 Å². The van der Waals surface area contributed by atoms with E-state index < -0.39 is 5.97 Å². The molecule has 0 saturated heterocycles. The molecule has 0 N–H and O–H groups in total. The Morgan fingerprint density at radius 1 is 1.33 bits per heavy atom. The molecule has 1 fully saturated rings. The van der Waals surface area contributed by atoms with E-state index >= 15 is 0 Å². The Kier molecular flexibility index (Phi) is 7.69. The van der Waals surface area contributed by atoms with Crippen LogP contribution in [0.1, 0.15) is 74.3 Å². The summed E-state index contributed by atoms with van der Waals surface area (Å²) in [7, 11) is 0. The maximum absolute atomic E-state index is 12.5. The number of thiazole rings is 1. The van der Waals surface area contributed by atoms with Crippen LogP contribution in [-0.4, -0.2) is 34.9 Å². The number of aromatic nitrogens is 1. The van der Waals surface area contributed by atoms with E-state index in [1.807, 2.05) is 4.90 Å². The first-order valence-corrected chi connectivity index (χ1v) is 9.91.